The Kier molecular flexibility index (Phi) is 7.76. The molecule has 5 heteroatoms. The molecule has 5 nitrogen and oxygen atoms in total. The maximum atomic E-state index is 12.6. The Balaban J connectivity index is 1.99. The van der Waals surface area contributed by atoms with E-state index in [2.05, 4.69) is 37.1 Å². The molecule has 2 atom stereocenters. The van der Waals surface area contributed by atoms with E-state index in [4.69, 9.17) is 9.47 Å². The molecule has 2 unspecified atom stereocenters. The van der Waals surface area contributed by atoms with Gasteiger partial charge in [0.1, 0.15) is 0 Å². The van der Waals surface area contributed by atoms with Crippen LogP contribution in [0.4, 0.5) is 0 Å². The van der Waals surface area contributed by atoms with Gasteiger partial charge in [0.05, 0.1) is 14.2 Å². The van der Waals surface area contributed by atoms with E-state index in [1.807, 2.05) is 12.1 Å². The molecule has 0 aromatic heterocycles. The third-order valence-electron chi connectivity index (χ3n) is 5.46. The van der Waals surface area contributed by atoms with E-state index in [0.717, 1.165) is 30.2 Å². The Labute approximate surface area is 158 Å². The number of benzene rings is 1. The molecule has 2 rings (SSSR count). The first-order valence-electron chi connectivity index (χ1n) is 9.76. The fourth-order valence-corrected chi connectivity index (χ4v) is 3.65. The average molecular weight is 363 g/mol. The van der Waals surface area contributed by atoms with Gasteiger partial charge < -0.3 is 14.8 Å². The van der Waals surface area contributed by atoms with Crippen LogP contribution in [-0.2, 0) is 4.79 Å². The first-order valence-corrected chi connectivity index (χ1v) is 9.76. The summed E-state index contributed by atoms with van der Waals surface area (Å²) in [5, 5.41) is 3.13. The van der Waals surface area contributed by atoms with Gasteiger partial charge in [-0.3, -0.25) is 9.69 Å². The maximum Gasteiger partial charge on any atom is 0.220 e. The zero-order valence-electron chi connectivity index (χ0n) is 16.9. The van der Waals surface area contributed by atoms with Gasteiger partial charge in [-0.1, -0.05) is 19.9 Å². The number of carbonyl (C=O) groups is 1. The number of likely N-dealkylation sites (N-methyl/N-ethyl adjacent to an activating group) is 1. The highest BCUT2D eigenvalue weighted by Gasteiger charge is 2.34. The minimum Gasteiger partial charge on any atom is -0.493 e. The highest BCUT2D eigenvalue weighted by atomic mass is 16.5. The summed E-state index contributed by atoms with van der Waals surface area (Å²) < 4.78 is 10.8. The van der Waals surface area contributed by atoms with Crippen molar-refractivity contribution in [3.05, 3.63) is 23.8 Å². The fraction of sp³-hybridized carbons (Fsp3) is 0.667. The second-order valence-corrected chi connectivity index (χ2v) is 7.14. The summed E-state index contributed by atoms with van der Waals surface area (Å²) in [6.45, 7) is 9.18. The third-order valence-corrected chi connectivity index (χ3v) is 5.46. The summed E-state index contributed by atoms with van der Waals surface area (Å²) in [7, 11) is 3.29. The zero-order chi connectivity index (χ0) is 19.1. The first-order chi connectivity index (χ1) is 12.5. The summed E-state index contributed by atoms with van der Waals surface area (Å²) in [4.78, 5) is 14.9. The number of ether oxygens (including phenoxy) is 2. The second kappa shape index (κ2) is 9.81. The lowest BCUT2D eigenvalue weighted by Gasteiger charge is -2.27. The molecular weight excluding hydrogens is 328 g/mol. The van der Waals surface area contributed by atoms with Gasteiger partial charge in [0.15, 0.2) is 11.5 Å². The van der Waals surface area contributed by atoms with E-state index in [1.54, 1.807) is 14.2 Å². The lowest BCUT2D eigenvalue weighted by molar-refractivity contribution is -0.121. The van der Waals surface area contributed by atoms with Crippen molar-refractivity contribution in [3.63, 3.8) is 0 Å². The minimum absolute atomic E-state index is 0.135. The monoisotopic (exact) mass is 362 g/mol. The summed E-state index contributed by atoms with van der Waals surface area (Å²) in [6, 6.07) is 6.38. The molecular formula is C21H34N2O3. The molecule has 26 heavy (non-hydrogen) atoms. The number of hydrogen-bond acceptors (Lipinski definition) is 4. The van der Waals surface area contributed by atoms with Crippen molar-refractivity contribution in [2.75, 3.05) is 33.9 Å². The summed E-state index contributed by atoms with van der Waals surface area (Å²) in [6.07, 6.45) is 2.93. The Morgan fingerprint density at radius 2 is 1.85 bits per heavy atom. The van der Waals surface area contributed by atoms with Crippen LogP contribution in [0, 0.1) is 5.92 Å². The van der Waals surface area contributed by atoms with E-state index >= 15 is 0 Å². The van der Waals surface area contributed by atoms with Crippen LogP contribution in [0.25, 0.3) is 0 Å². The normalized spacial score (nSPS) is 16.2. The SMILES string of the molecule is CCN(CC)C(C)CNC(=O)CC(c1ccc(OC)c(OC)c1)C1CC1. The van der Waals surface area contributed by atoms with Crippen LogP contribution in [0.5, 0.6) is 11.5 Å². The molecule has 1 N–H and O–H groups in total. The van der Waals surface area contributed by atoms with Crippen LogP contribution in [0.15, 0.2) is 18.2 Å². The van der Waals surface area contributed by atoms with Crippen LogP contribution in [0.2, 0.25) is 0 Å². The first kappa shape index (κ1) is 20.6. The van der Waals surface area contributed by atoms with Crippen LogP contribution in [0.1, 0.15) is 51.5 Å². The van der Waals surface area contributed by atoms with Gasteiger partial charge in [-0.15, -0.1) is 0 Å². The molecule has 0 aliphatic heterocycles. The van der Waals surface area contributed by atoms with E-state index in [0.29, 0.717) is 24.9 Å². The number of carbonyl (C=O) groups excluding carboxylic acids is 1. The van der Waals surface area contributed by atoms with Crippen molar-refractivity contribution in [1.82, 2.24) is 10.2 Å². The average Bonchev–Trinajstić information content (AvgIpc) is 3.49. The molecule has 1 aromatic carbocycles. The summed E-state index contributed by atoms with van der Waals surface area (Å²) in [5.41, 5.74) is 1.16. The fourth-order valence-electron chi connectivity index (χ4n) is 3.65. The summed E-state index contributed by atoms with van der Waals surface area (Å²) in [5.74, 6) is 2.43. The van der Waals surface area contributed by atoms with Crippen LogP contribution in [-0.4, -0.2) is 50.7 Å². The number of nitrogens with one attached hydrogen (secondary N) is 1. The highest BCUT2D eigenvalue weighted by molar-refractivity contribution is 5.77. The lowest BCUT2D eigenvalue weighted by atomic mass is 9.90. The van der Waals surface area contributed by atoms with Gasteiger partial charge >= 0.3 is 0 Å². The smallest absolute Gasteiger partial charge is 0.220 e. The largest absolute Gasteiger partial charge is 0.493 e. The standard InChI is InChI=1S/C21H34N2O3/c1-6-23(7-2)15(3)14-22-21(24)13-18(16-8-9-16)17-10-11-19(25-4)20(12-17)26-5/h10-12,15-16,18H,6-9,13-14H2,1-5H3,(H,22,24). The van der Waals surface area contributed by atoms with E-state index in [9.17, 15) is 4.79 Å². The lowest BCUT2D eigenvalue weighted by Crippen LogP contribution is -2.42. The van der Waals surface area contributed by atoms with Crippen molar-refractivity contribution >= 4 is 5.91 Å². The second-order valence-electron chi connectivity index (χ2n) is 7.14. The predicted molar refractivity (Wildman–Crippen MR) is 105 cm³/mol. The number of methoxy groups -OCH3 is 2. The van der Waals surface area contributed by atoms with Crippen molar-refractivity contribution in [2.24, 2.45) is 5.92 Å². The molecule has 0 radical (unpaired) electrons. The number of hydrogen-bond donors (Lipinski definition) is 1. The molecule has 1 aliphatic carbocycles. The van der Waals surface area contributed by atoms with E-state index < -0.39 is 0 Å². The summed E-state index contributed by atoms with van der Waals surface area (Å²) >= 11 is 0. The van der Waals surface area contributed by atoms with E-state index in [1.165, 1.54) is 12.8 Å². The van der Waals surface area contributed by atoms with Crippen LogP contribution in [0.3, 0.4) is 0 Å². The van der Waals surface area contributed by atoms with Gasteiger partial charge in [0.2, 0.25) is 5.91 Å². The van der Waals surface area contributed by atoms with Gasteiger partial charge in [0, 0.05) is 19.0 Å². The molecule has 0 spiro atoms. The van der Waals surface area contributed by atoms with Crippen LogP contribution >= 0.6 is 0 Å². The Bertz CT molecular complexity index is 583. The third kappa shape index (κ3) is 5.37. The predicted octanol–water partition coefficient (Wildman–Crippen LogP) is 3.43. The molecule has 1 aliphatic rings. The Hall–Kier alpha value is -1.75. The molecule has 0 heterocycles. The number of amides is 1. The van der Waals surface area contributed by atoms with Gasteiger partial charge in [-0.25, -0.2) is 0 Å². The minimum atomic E-state index is 0.135. The molecule has 146 valence electrons. The highest BCUT2D eigenvalue weighted by Crippen LogP contribution is 2.46. The van der Waals surface area contributed by atoms with Crippen LogP contribution < -0.4 is 14.8 Å². The van der Waals surface area contributed by atoms with Gasteiger partial charge in [-0.2, -0.15) is 0 Å². The number of nitrogens with zero attached hydrogens (tertiary/aromatic N) is 1. The molecule has 1 aromatic rings. The Morgan fingerprint density at radius 1 is 1.19 bits per heavy atom. The maximum absolute atomic E-state index is 12.6. The molecule has 1 amide bonds. The molecule has 0 saturated heterocycles. The molecule has 0 bridgehead atoms. The van der Waals surface area contributed by atoms with Crippen molar-refractivity contribution < 1.29 is 14.3 Å². The van der Waals surface area contributed by atoms with Crippen molar-refractivity contribution in [1.29, 1.82) is 0 Å². The topological polar surface area (TPSA) is 50.8 Å². The Morgan fingerprint density at radius 3 is 2.38 bits per heavy atom. The quantitative estimate of drug-likeness (QED) is 0.655. The van der Waals surface area contributed by atoms with Crippen molar-refractivity contribution in [2.45, 2.75) is 52.0 Å². The number of rotatable bonds is 11. The van der Waals surface area contributed by atoms with E-state index in [-0.39, 0.29) is 11.8 Å². The van der Waals surface area contributed by atoms with Crippen molar-refractivity contribution in [3.8, 4) is 11.5 Å². The molecule has 1 saturated carbocycles. The zero-order valence-corrected chi connectivity index (χ0v) is 16.9. The van der Waals surface area contributed by atoms with Gasteiger partial charge in [0.25, 0.3) is 0 Å². The van der Waals surface area contributed by atoms with Gasteiger partial charge in [-0.05, 0) is 62.4 Å². The molecule has 1 fully saturated rings.